The molecule has 1 heterocycles. The Morgan fingerprint density at radius 3 is 2.50 bits per heavy atom. The molecule has 0 radical (unpaired) electrons. The van der Waals surface area contributed by atoms with Gasteiger partial charge in [-0.05, 0) is 38.1 Å². The molecule has 104 valence electrons. The van der Waals surface area contributed by atoms with Crippen molar-refractivity contribution >= 4 is 28.8 Å². The predicted molar refractivity (Wildman–Crippen MR) is 79.1 cm³/mol. The molecule has 2 N–H and O–H groups in total. The Morgan fingerprint density at radius 1 is 1.25 bits per heavy atom. The average molecular weight is 289 g/mol. The zero-order chi connectivity index (χ0) is 14.5. The fraction of sp³-hybridized carbons (Fsp3) is 0.214. The molecule has 2 aromatic rings. The normalized spacial score (nSPS) is 11.7. The van der Waals surface area contributed by atoms with Crippen LogP contribution in [0.1, 0.15) is 35.3 Å². The summed E-state index contributed by atoms with van der Waals surface area (Å²) in [6, 6.07) is 6.31. The maximum atomic E-state index is 11.8. The highest BCUT2D eigenvalue weighted by molar-refractivity contribution is 7.09. The number of hydrogen-bond donors (Lipinski definition) is 2. The average Bonchev–Trinajstić information content (AvgIpc) is 2.93. The van der Waals surface area contributed by atoms with Gasteiger partial charge in [-0.25, -0.2) is 9.78 Å². The molecule has 0 spiro atoms. The standard InChI is InChI=1S/C14H15N3O2S/c1-9(13-15-7-8-20-13)16-14(19)17-12-5-3-11(4-6-12)10(2)18/h3-9H,1-2H3,(H2,16,17,19). The van der Waals surface area contributed by atoms with Crippen LogP contribution >= 0.6 is 11.3 Å². The molecule has 0 saturated carbocycles. The van der Waals surface area contributed by atoms with E-state index in [1.807, 2.05) is 12.3 Å². The van der Waals surface area contributed by atoms with Crippen molar-refractivity contribution in [2.75, 3.05) is 5.32 Å². The van der Waals surface area contributed by atoms with E-state index in [1.165, 1.54) is 18.3 Å². The van der Waals surface area contributed by atoms with Gasteiger partial charge in [0.1, 0.15) is 5.01 Å². The van der Waals surface area contributed by atoms with E-state index in [0.29, 0.717) is 11.3 Å². The van der Waals surface area contributed by atoms with E-state index >= 15 is 0 Å². The second-order valence-corrected chi connectivity index (χ2v) is 5.25. The van der Waals surface area contributed by atoms with E-state index in [1.54, 1.807) is 30.5 Å². The van der Waals surface area contributed by atoms with Gasteiger partial charge in [-0.1, -0.05) is 0 Å². The van der Waals surface area contributed by atoms with Gasteiger partial charge in [0.15, 0.2) is 5.78 Å². The minimum absolute atomic E-state index is 0.00149. The molecule has 0 aliphatic rings. The second kappa shape index (κ2) is 6.29. The number of anilines is 1. The quantitative estimate of drug-likeness (QED) is 0.849. The topological polar surface area (TPSA) is 71.1 Å². The van der Waals surface area contributed by atoms with Gasteiger partial charge in [0, 0.05) is 22.8 Å². The Hall–Kier alpha value is -2.21. The van der Waals surface area contributed by atoms with E-state index in [4.69, 9.17) is 0 Å². The Bertz CT molecular complexity index is 593. The summed E-state index contributed by atoms with van der Waals surface area (Å²) in [5.74, 6) is -0.00149. The van der Waals surface area contributed by atoms with Gasteiger partial charge in [-0.3, -0.25) is 4.79 Å². The summed E-state index contributed by atoms with van der Waals surface area (Å²) in [6.07, 6.45) is 1.70. The van der Waals surface area contributed by atoms with Crippen molar-refractivity contribution in [2.24, 2.45) is 0 Å². The van der Waals surface area contributed by atoms with Crippen LogP contribution in [0, 0.1) is 0 Å². The van der Waals surface area contributed by atoms with Gasteiger partial charge >= 0.3 is 6.03 Å². The number of rotatable bonds is 4. The molecule has 6 heteroatoms. The SMILES string of the molecule is CC(=O)c1ccc(NC(=O)NC(C)c2nccs2)cc1. The Balaban J connectivity index is 1.92. The van der Waals surface area contributed by atoms with Crippen LogP contribution in [0.5, 0.6) is 0 Å². The summed E-state index contributed by atoms with van der Waals surface area (Å²) < 4.78 is 0. The highest BCUT2D eigenvalue weighted by atomic mass is 32.1. The molecule has 0 aliphatic heterocycles. The van der Waals surface area contributed by atoms with E-state index in [-0.39, 0.29) is 17.9 Å². The Morgan fingerprint density at radius 2 is 1.95 bits per heavy atom. The Kier molecular flexibility index (Phi) is 4.47. The number of ketones is 1. The molecule has 5 nitrogen and oxygen atoms in total. The molecular weight excluding hydrogens is 274 g/mol. The lowest BCUT2D eigenvalue weighted by atomic mass is 10.1. The lowest BCUT2D eigenvalue weighted by Crippen LogP contribution is -2.31. The predicted octanol–water partition coefficient (Wildman–Crippen LogP) is 3.23. The van der Waals surface area contributed by atoms with Crippen molar-refractivity contribution in [1.82, 2.24) is 10.3 Å². The first-order chi connectivity index (χ1) is 9.56. The van der Waals surface area contributed by atoms with Crippen molar-refractivity contribution in [3.8, 4) is 0 Å². The molecule has 0 aliphatic carbocycles. The fourth-order valence-corrected chi connectivity index (χ4v) is 2.31. The summed E-state index contributed by atoms with van der Waals surface area (Å²) in [4.78, 5) is 27.1. The molecule has 0 bridgehead atoms. The first-order valence-corrected chi connectivity index (χ1v) is 7.02. The minimum atomic E-state index is -0.303. The number of benzene rings is 1. The van der Waals surface area contributed by atoms with E-state index in [0.717, 1.165) is 5.01 Å². The first-order valence-electron chi connectivity index (χ1n) is 6.14. The number of carbonyl (C=O) groups is 2. The number of nitrogens with one attached hydrogen (secondary N) is 2. The Labute approximate surface area is 121 Å². The number of aromatic nitrogens is 1. The van der Waals surface area contributed by atoms with E-state index < -0.39 is 0 Å². The summed E-state index contributed by atoms with van der Waals surface area (Å²) in [5.41, 5.74) is 1.26. The van der Waals surface area contributed by atoms with Crippen molar-refractivity contribution in [3.05, 3.63) is 46.4 Å². The number of hydrogen-bond acceptors (Lipinski definition) is 4. The third kappa shape index (κ3) is 3.64. The van der Waals surface area contributed by atoms with Crippen LogP contribution in [0.25, 0.3) is 0 Å². The fourth-order valence-electron chi connectivity index (χ4n) is 1.66. The second-order valence-electron chi connectivity index (χ2n) is 4.32. The smallest absolute Gasteiger partial charge is 0.319 e. The summed E-state index contributed by atoms with van der Waals surface area (Å²) in [7, 11) is 0. The van der Waals surface area contributed by atoms with Gasteiger partial charge in [0.25, 0.3) is 0 Å². The maximum Gasteiger partial charge on any atom is 0.319 e. The summed E-state index contributed by atoms with van der Waals surface area (Å²) >= 11 is 1.49. The number of Topliss-reactive ketones (excluding diaryl/α,β-unsaturated/α-hetero) is 1. The summed E-state index contributed by atoms with van der Waals surface area (Å²) in [6.45, 7) is 3.38. The van der Waals surface area contributed by atoms with Crippen molar-refractivity contribution in [2.45, 2.75) is 19.9 Å². The number of thiazole rings is 1. The summed E-state index contributed by atoms with van der Waals surface area (Å²) in [5, 5.41) is 8.24. The molecular formula is C14H15N3O2S. The van der Waals surface area contributed by atoms with Crippen LogP contribution < -0.4 is 10.6 Å². The zero-order valence-electron chi connectivity index (χ0n) is 11.2. The largest absolute Gasteiger partial charge is 0.329 e. The number of nitrogens with zero attached hydrogens (tertiary/aromatic N) is 1. The molecule has 2 amide bonds. The highest BCUT2D eigenvalue weighted by Gasteiger charge is 2.11. The lowest BCUT2D eigenvalue weighted by molar-refractivity contribution is 0.101. The molecule has 20 heavy (non-hydrogen) atoms. The van der Waals surface area contributed by atoms with Crippen molar-refractivity contribution in [1.29, 1.82) is 0 Å². The van der Waals surface area contributed by atoms with Gasteiger partial charge in [0.2, 0.25) is 0 Å². The maximum absolute atomic E-state index is 11.8. The van der Waals surface area contributed by atoms with Gasteiger partial charge in [-0.2, -0.15) is 0 Å². The number of carbonyl (C=O) groups excluding carboxylic acids is 2. The van der Waals surface area contributed by atoms with Crippen molar-refractivity contribution < 1.29 is 9.59 Å². The molecule has 0 saturated heterocycles. The van der Waals surface area contributed by atoms with E-state index in [9.17, 15) is 9.59 Å². The van der Waals surface area contributed by atoms with Crippen LogP contribution in [0.15, 0.2) is 35.8 Å². The first kappa shape index (κ1) is 14.2. The molecule has 0 fully saturated rings. The molecule has 1 unspecified atom stereocenters. The molecule has 1 aromatic carbocycles. The third-order valence-corrected chi connectivity index (χ3v) is 3.68. The van der Waals surface area contributed by atoms with Crippen molar-refractivity contribution in [3.63, 3.8) is 0 Å². The van der Waals surface area contributed by atoms with Gasteiger partial charge in [0.05, 0.1) is 6.04 Å². The van der Waals surface area contributed by atoms with Crippen LogP contribution in [-0.2, 0) is 0 Å². The van der Waals surface area contributed by atoms with Gasteiger partial charge in [-0.15, -0.1) is 11.3 Å². The van der Waals surface area contributed by atoms with Gasteiger partial charge < -0.3 is 10.6 Å². The number of urea groups is 1. The number of amides is 2. The monoisotopic (exact) mass is 289 g/mol. The van der Waals surface area contributed by atoms with E-state index in [2.05, 4.69) is 15.6 Å². The van der Waals surface area contributed by atoms with Crippen LogP contribution in [-0.4, -0.2) is 16.8 Å². The highest BCUT2D eigenvalue weighted by Crippen LogP contribution is 2.15. The van der Waals surface area contributed by atoms with Crippen LogP contribution in [0.2, 0.25) is 0 Å². The van der Waals surface area contributed by atoms with Crippen LogP contribution in [0.3, 0.4) is 0 Å². The molecule has 1 aromatic heterocycles. The molecule has 2 rings (SSSR count). The van der Waals surface area contributed by atoms with Crippen LogP contribution in [0.4, 0.5) is 10.5 Å². The molecule has 1 atom stereocenters. The third-order valence-electron chi connectivity index (χ3n) is 2.72. The lowest BCUT2D eigenvalue weighted by Gasteiger charge is -2.12. The zero-order valence-corrected chi connectivity index (χ0v) is 12.0. The minimum Gasteiger partial charge on any atom is -0.329 e.